The van der Waals surface area contributed by atoms with Crippen LogP contribution >= 0.6 is 21.9 Å². The monoisotopic (exact) mass is 680 g/mol. The Hall–Kier alpha value is -1.10. The molecule has 4 heterocycles. The van der Waals surface area contributed by atoms with Crippen molar-refractivity contribution >= 4 is 50.7 Å². The molecule has 2 aromatic heterocycles. The molecular weight excluding hydrogens is 655 g/mol. The molecule has 42 heavy (non-hydrogen) atoms. The van der Waals surface area contributed by atoms with Gasteiger partial charge in [-0.15, -0.1) is 0 Å². The van der Waals surface area contributed by atoms with Gasteiger partial charge in [0.15, 0.2) is 24.0 Å². The first kappa shape index (κ1) is 33.8. The highest BCUT2D eigenvalue weighted by molar-refractivity contribution is 8.08. The number of aliphatic hydroxyl groups excluding tert-OH is 6. The molecule has 0 saturated carbocycles. The SMILES string of the molecule is Nc1ncnc2c1ncn2[C@@H]1O[C@H](COP(=O)([O-])CP(=O)([O-])OP([O-])(=S)O[C@@H]2OC(CO)C(O)C(O)C2O)C(O)[C@@H]1O. The van der Waals surface area contributed by atoms with Crippen LogP contribution in [0.5, 0.6) is 0 Å². The van der Waals surface area contributed by atoms with Crippen molar-refractivity contribution in [3.8, 4) is 0 Å². The van der Waals surface area contributed by atoms with E-state index >= 15 is 0 Å². The number of nitrogens with zero attached hydrogens (tertiary/aromatic N) is 4. The maximum atomic E-state index is 12.5. The van der Waals surface area contributed by atoms with Gasteiger partial charge in [-0.1, -0.05) is 11.8 Å². The van der Waals surface area contributed by atoms with Crippen molar-refractivity contribution < 1.29 is 77.3 Å². The molecule has 2 aliphatic heterocycles. The summed E-state index contributed by atoms with van der Waals surface area (Å²) in [4.78, 5) is 49.0. The zero-order chi connectivity index (χ0) is 31.2. The normalized spacial score (nSPS) is 36.4. The lowest BCUT2D eigenvalue weighted by molar-refractivity contribution is -0.297. The van der Waals surface area contributed by atoms with Crippen molar-refractivity contribution in [2.75, 3.05) is 24.9 Å². The van der Waals surface area contributed by atoms with E-state index in [0.29, 0.717) is 0 Å². The summed E-state index contributed by atoms with van der Waals surface area (Å²) in [6.07, 6.45) is -13.5. The smallest absolute Gasteiger partial charge is 0.192 e. The number of nitrogen functional groups attached to an aromatic ring is 1. The van der Waals surface area contributed by atoms with Gasteiger partial charge in [-0.2, -0.15) is 0 Å². The Kier molecular flexibility index (Phi) is 10.2. The first-order chi connectivity index (χ1) is 19.4. The van der Waals surface area contributed by atoms with Crippen molar-refractivity contribution in [2.45, 2.75) is 55.2 Å². The number of ether oxygens (including phenoxy) is 2. The first-order valence-electron chi connectivity index (χ1n) is 11.7. The zero-order valence-electron chi connectivity index (χ0n) is 20.9. The van der Waals surface area contributed by atoms with Gasteiger partial charge in [0.2, 0.25) is 0 Å². The number of aromatic nitrogens is 4. The molecular formula is C17H25N5O16P3S-3. The van der Waals surface area contributed by atoms with E-state index in [1.165, 1.54) is 10.9 Å². The predicted octanol–water partition coefficient (Wildman–Crippen LogP) is -5.47. The maximum absolute atomic E-state index is 12.5. The molecule has 2 saturated heterocycles. The summed E-state index contributed by atoms with van der Waals surface area (Å²) in [6.45, 7) is -7.08. The van der Waals surface area contributed by atoms with Crippen LogP contribution in [0, 0.1) is 0 Å². The summed E-state index contributed by atoms with van der Waals surface area (Å²) in [5.74, 6) is -1.89. The number of imidazole rings is 1. The van der Waals surface area contributed by atoms with Gasteiger partial charge in [0.25, 0.3) is 0 Å². The Bertz CT molecular complexity index is 1420. The molecule has 0 spiro atoms. The Balaban J connectivity index is 1.36. The van der Waals surface area contributed by atoms with Crippen LogP contribution in [0.1, 0.15) is 6.23 Å². The molecule has 2 aromatic rings. The third kappa shape index (κ3) is 7.40. The topological polar surface area (TPSA) is 340 Å². The minimum absolute atomic E-state index is 0.0189. The van der Waals surface area contributed by atoms with Crippen molar-refractivity contribution in [3.63, 3.8) is 0 Å². The van der Waals surface area contributed by atoms with Crippen molar-refractivity contribution in [1.82, 2.24) is 19.5 Å². The molecule has 2 fully saturated rings. The average molecular weight is 680 g/mol. The summed E-state index contributed by atoms with van der Waals surface area (Å²) >= 11 is 4.43. The molecule has 12 atom stereocenters. The number of rotatable bonds is 11. The standard InChI is InChI=1S/C17H28N5O16P3S/c18-14-8-15(20-3-19-14)22(4-21-8)16-12(27)10(25)7(35-16)2-34-39(29,30)5-40(31,32)38-41(33,42)37-17-13(28)11(26)9(24)6(1-23)36-17/h3-4,6-7,9-13,16-17,23-28H,1-2,5H2,(H,29,30)(H,31,32)(H,33,42)(H2,18,19,20)/p-3/t6?,7-,9?,10?,11?,12+,13?,16-,17+,41?/m1/s1. The fraction of sp³-hybridized carbons (Fsp3) is 0.706. The largest absolute Gasteiger partial charge is 0.779 e. The molecule has 8 N–H and O–H groups in total. The van der Waals surface area contributed by atoms with Gasteiger partial charge in [0.05, 0.1) is 25.4 Å². The van der Waals surface area contributed by atoms with E-state index in [4.69, 9.17) is 15.2 Å². The van der Waals surface area contributed by atoms with Gasteiger partial charge < -0.3 is 78.7 Å². The van der Waals surface area contributed by atoms with E-state index < -0.39 is 96.3 Å². The first-order valence-corrected chi connectivity index (χ1v) is 17.7. The number of fused-ring (bicyclic) bond motifs is 1. The maximum Gasteiger partial charge on any atom is 0.192 e. The summed E-state index contributed by atoms with van der Waals surface area (Å²) in [7, 11) is -11.1. The van der Waals surface area contributed by atoms with Crippen LogP contribution in [0.15, 0.2) is 12.7 Å². The van der Waals surface area contributed by atoms with E-state index in [1.54, 1.807) is 0 Å². The molecule has 2 aliphatic rings. The summed E-state index contributed by atoms with van der Waals surface area (Å²) < 4.78 is 49.8. The number of anilines is 1. The highest BCUT2D eigenvalue weighted by Crippen LogP contribution is 2.62. The number of aliphatic hydroxyl groups is 6. The molecule has 238 valence electrons. The molecule has 0 aliphatic carbocycles. The van der Waals surface area contributed by atoms with E-state index in [2.05, 4.69) is 40.1 Å². The van der Waals surface area contributed by atoms with Crippen LogP contribution < -0.4 is 20.4 Å². The fourth-order valence-corrected chi connectivity index (χ4v) is 10.1. The number of hydrogen-bond acceptors (Lipinski definition) is 21. The Labute approximate surface area is 240 Å². The third-order valence-electron chi connectivity index (χ3n) is 6.09. The average Bonchev–Trinajstić information content (AvgIpc) is 3.43. The molecule has 0 aromatic carbocycles. The van der Waals surface area contributed by atoms with E-state index in [1.807, 2.05) is 0 Å². The minimum atomic E-state index is -5.68. The van der Waals surface area contributed by atoms with Crippen LogP contribution in [-0.4, -0.2) is 118 Å². The highest BCUT2D eigenvalue weighted by Gasteiger charge is 2.46. The number of hydrogen-bond donors (Lipinski definition) is 7. The van der Waals surface area contributed by atoms with Crippen molar-refractivity contribution in [3.05, 3.63) is 12.7 Å². The molecule has 8 unspecified atom stereocenters. The Morgan fingerprint density at radius 2 is 1.62 bits per heavy atom. The summed E-state index contributed by atoms with van der Waals surface area (Å²) in [5.41, 5.74) is 6.00. The van der Waals surface area contributed by atoms with Crippen LogP contribution in [0.2, 0.25) is 0 Å². The lowest BCUT2D eigenvalue weighted by Crippen LogP contribution is -2.59. The van der Waals surface area contributed by atoms with Crippen molar-refractivity contribution in [1.29, 1.82) is 0 Å². The van der Waals surface area contributed by atoms with E-state index in [9.17, 15) is 54.4 Å². The molecule has 4 rings (SSSR count). The second kappa shape index (κ2) is 12.7. The highest BCUT2D eigenvalue weighted by atomic mass is 32.5. The predicted molar refractivity (Wildman–Crippen MR) is 132 cm³/mol. The van der Waals surface area contributed by atoms with E-state index in [-0.39, 0.29) is 17.0 Å². The zero-order valence-corrected chi connectivity index (χ0v) is 24.4. The van der Waals surface area contributed by atoms with Gasteiger partial charge >= 0.3 is 0 Å². The number of nitrogens with two attached hydrogens (primary N) is 1. The van der Waals surface area contributed by atoms with Crippen LogP contribution in [-0.2, 0) is 43.8 Å². The second-order valence-corrected chi connectivity index (χ2v) is 16.1. The van der Waals surface area contributed by atoms with Gasteiger partial charge in [0.1, 0.15) is 76.5 Å². The molecule has 21 nitrogen and oxygen atoms in total. The van der Waals surface area contributed by atoms with Crippen molar-refractivity contribution in [2.24, 2.45) is 0 Å². The fourth-order valence-electron chi connectivity index (χ4n) is 4.07. The summed E-state index contributed by atoms with van der Waals surface area (Å²) in [6, 6.07) is 0. The lowest BCUT2D eigenvalue weighted by Gasteiger charge is -2.44. The molecule has 0 radical (unpaired) electrons. The quantitative estimate of drug-likeness (QED) is 0.109. The van der Waals surface area contributed by atoms with Gasteiger partial charge in [0, 0.05) is 0 Å². The summed E-state index contributed by atoms with van der Waals surface area (Å²) in [5, 5.41) is 59.4. The van der Waals surface area contributed by atoms with Gasteiger partial charge in [-0.25, -0.2) is 15.0 Å². The molecule has 0 bridgehead atoms. The van der Waals surface area contributed by atoms with E-state index in [0.717, 1.165) is 6.33 Å². The minimum Gasteiger partial charge on any atom is -0.779 e. The lowest BCUT2D eigenvalue weighted by atomic mass is 10.00. The van der Waals surface area contributed by atoms with Crippen LogP contribution in [0.4, 0.5) is 5.82 Å². The van der Waals surface area contributed by atoms with Gasteiger partial charge in [-0.3, -0.25) is 8.88 Å². The molecule has 0 amide bonds. The van der Waals surface area contributed by atoms with Crippen LogP contribution in [0.3, 0.4) is 0 Å². The second-order valence-electron chi connectivity index (χ2n) is 9.12. The van der Waals surface area contributed by atoms with Crippen LogP contribution in [0.25, 0.3) is 11.2 Å². The Morgan fingerprint density at radius 1 is 0.952 bits per heavy atom. The third-order valence-corrected chi connectivity index (χ3v) is 12.5. The molecule has 25 heteroatoms. The van der Waals surface area contributed by atoms with Gasteiger partial charge in [-0.05, 0) is 0 Å². The Morgan fingerprint density at radius 3 is 2.29 bits per heavy atom.